The lowest BCUT2D eigenvalue weighted by Crippen LogP contribution is -2.10. The highest BCUT2D eigenvalue weighted by Crippen LogP contribution is 2.24. The molecule has 0 aliphatic rings. The van der Waals surface area contributed by atoms with Crippen molar-refractivity contribution in [2.45, 2.75) is 4.21 Å². The fourth-order valence-corrected chi connectivity index (χ4v) is 3.86. The first kappa shape index (κ1) is 11.1. The van der Waals surface area contributed by atoms with Crippen molar-refractivity contribution in [3.05, 3.63) is 28.6 Å². The molecular formula is C8H5N3O2S3. The molecule has 0 fully saturated rings. The van der Waals surface area contributed by atoms with Gasteiger partial charge in [0, 0.05) is 11.6 Å². The third-order valence-electron chi connectivity index (χ3n) is 1.61. The zero-order valence-electron chi connectivity index (χ0n) is 7.75. The summed E-state index contributed by atoms with van der Waals surface area (Å²) in [5.41, 5.74) is 0. The SMILES string of the molecule is N#Cc1ccc(S(=O)(=O)Nc2nccs2)s1. The standard InChI is InChI=1S/C8H5N3O2S3/c9-5-6-1-2-7(15-6)16(12,13)11-8-10-3-4-14-8/h1-4H,(H,10,11). The Bertz CT molecular complexity index is 622. The molecule has 0 aliphatic carbocycles. The van der Waals surface area contributed by atoms with Crippen LogP contribution in [0.5, 0.6) is 0 Å². The molecule has 0 spiro atoms. The maximum Gasteiger partial charge on any atom is 0.273 e. The number of nitriles is 1. The Morgan fingerprint density at radius 1 is 1.44 bits per heavy atom. The fraction of sp³-hybridized carbons (Fsp3) is 0. The van der Waals surface area contributed by atoms with Gasteiger partial charge < -0.3 is 0 Å². The van der Waals surface area contributed by atoms with Crippen LogP contribution in [-0.2, 0) is 10.0 Å². The van der Waals surface area contributed by atoms with E-state index in [2.05, 4.69) is 9.71 Å². The molecule has 0 bridgehead atoms. The van der Waals surface area contributed by atoms with Crippen LogP contribution >= 0.6 is 22.7 Å². The molecule has 16 heavy (non-hydrogen) atoms. The van der Waals surface area contributed by atoms with Crippen LogP contribution in [0.4, 0.5) is 5.13 Å². The number of thiophene rings is 1. The van der Waals surface area contributed by atoms with Crippen molar-refractivity contribution in [3.8, 4) is 6.07 Å². The van der Waals surface area contributed by atoms with E-state index in [1.165, 1.54) is 29.7 Å². The number of nitrogens with zero attached hydrogens (tertiary/aromatic N) is 2. The van der Waals surface area contributed by atoms with Crippen molar-refractivity contribution in [2.75, 3.05) is 4.72 Å². The number of anilines is 1. The largest absolute Gasteiger partial charge is 0.273 e. The Morgan fingerprint density at radius 2 is 2.25 bits per heavy atom. The van der Waals surface area contributed by atoms with Gasteiger partial charge in [0.15, 0.2) is 5.13 Å². The number of hydrogen-bond acceptors (Lipinski definition) is 6. The Labute approximate surface area is 100 Å². The van der Waals surface area contributed by atoms with Crippen molar-refractivity contribution in [3.63, 3.8) is 0 Å². The zero-order chi connectivity index (χ0) is 11.6. The van der Waals surface area contributed by atoms with Crippen molar-refractivity contribution < 1.29 is 8.42 Å². The average molecular weight is 271 g/mol. The maximum absolute atomic E-state index is 11.8. The number of thiazole rings is 1. The van der Waals surface area contributed by atoms with Gasteiger partial charge in [-0.1, -0.05) is 0 Å². The van der Waals surface area contributed by atoms with Gasteiger partial charge in [0.05, 0.1) is 0 Å². The summed E-state index contributed by atoms with van der Waals surface area (Å²) in [5.74, 6) is 0. The van der Waals surface area contributed by atoms with Crippen LogP contribution in [0.2, 0.25) is 0 Å². The molecule has 0 aromatic carbocycles. The molecular weight excluding hydrogens is 266 g/mol. The number of nitrogens with one attached hydrogen (secondary N) is 1. The van der Waals surface area contributed by atoms with E-state index in [0.29, 0.717) is 10.0 Å². The molecule has 2 heterocycles. The fourth-order valence-electron chi connectivity index (χ4n) is 0.964. The summed E-state index contributed by atoms with van der Waals surface area (Å²) in [5, 5.41) is 10.6. The van der Waals surface area contributed by atoms with Gasteiger partial charge in [0.25, 0.3) is 10.0 Å². The molecule has 0 amide bonds. The van der Waals surface area contributed by atoms with Gasteiger partial charge in [-0.05, 0) is 12.1 Å². The summed E-state index contributed by atoms with van der Waals surface area (Å²) < 4.78 is 26.0. The van der Waals surface area contributed by atoms with E-state index in [0.717, 1.165) is 11.3 Å². The van der Waals surface area contributed by atoms with Gasteiger partial charge in [-0.15, -0.1) is 22.7 Å². The van der Waals surface area contributed by atoms with Crippen LogP contribution in [0.15, 0.2) is 27.9 Å². The second kappa shape index (κ2) is 4.21. The smallest absolute Gasteiger partial charge is 0.254 e. The van der Waals surface area contributed by atoms with Gasteiger partial charge in [-0.25, -0.2) is 13.4 Å². The Kier molecular flexibility index (Phi) is 2.91. The molecule has 0 saturated carbocycles. The predicted molar refractivity (Wildman–Crippen MR) is 62.0 cm³/mol. The van der Waals surface area contributed by atoms with Crippen LogP contribution in [-0.4, -0.2) is 13.4 Å². The molecule has 8 heteroatoms. The molecule has 0 saturated heterocycles. The van der Waals surface area contributed by atoms with Crippen LogP contribution < -0.4 is 4.72 Å². The zero-order valence-corrected chi connectivity index (χ0v) is 10.2. The minimum absolute atomic E-state index is 0.110. The minimum atomic E-state index is -3.61. The molecule has 1 N–H and O–H groups in total. The highest BCUT2D eigenvalue weighted by molar-refractivity contribution is 7.94. The first-order valence-electron chi connectivity index (χ1n) is 4.04. The molecule has 0 aliphatic heterocycles. The summed E-state index contributed by atoms with van der Waals surface area (Å²) in [6, 6.07) is 4.77. The van der Waals surface area contributed by atoms with Crippen molar-refractivity contribution in [1.82, 2.24) is 4.98 Å². The number of aromatic nitrogens is 1. The van der Waals surface area contributed by atoms with Crippen LogP contribution in [0.1, 0.15) is 4.88 Å². The third-order valence-corrected chi connectivity index (χ3v) is 5.25. The van der Waals surface area contributed by atoms with Crippen molar-refractivity contribution in [2.24, 2.45) is 0 Å². The third kappa shape index (κ3) is 2.21. The van der Waals surface area contributed by atoms with Gasteiger partial charge in [-0.2, -0.15) is 5.26 Å². The molecule has 5 nitrogen and oxygen atoms in total. The average Bonchev–Trinajstić information content (AvgIpc) is 2.85. The minimum Gasteiger partial charge on any atom is -0.254 e. The first-order valence-corrected chi connectivity index (χ1v) is 7.22. The highest BCUT2D eigenvalue weighted by Gasteiger charge is 2.17. The lowest BCUT2D eigenvalue weighted by atomic mass is 10.5. The molecule has 2 rings (SSSR count). The second-order valence-electron chi connectivity index (χ2n) is 2.67. The Balaban J connectivity index is 2.29. The lowest BCUT2D eigenvalue weighted by Gasteiger charge is -2.00. The van der Waals surface area contributed by atoms with Gasteiger partial charge in [0.1, 0.15) is 15.2 Å². The lowest BCUT2D eigenvalue weighted by molar-refractivity contribution is 0.603. The van der Waals surface area contributed by atoms with E-state index >= 15 is 0 Å². The summed E-state index contributed by atoms with van der Waals surface area (Å²) >= 11 is 2.12. The van der Waals surface area contributed by atoms with Crippen LogP contribution in [0.25, 0.3) is 0 Å². The number of hydrogen-bond donors (Lipinski definition) is 1. The number of rotatable bonds is 3. The van der Waals surface area contributed by atoms with Crippen LogP contribution in [0, 0.1) is 11.3 Å². The van der Waals surface area contributed by atoms with E-state index in [-0.39, 0.29) is 4.21 Å². The Morgan fingerprint density at radius 3 is 2.81 bits per heavy atom. The van der Waals surface area contributed by atoms with E-state index in [1.54, 1.807) is 5.38 Å². The molecule has 0 unspecified atom stereocenters. The normalized spacial score (nSPS) is 10.9. The van der Waals surface area contributed by atoms with Crippen LogP contribution in [0.3, 0.4) is 0 Å². The molecule has 0 atom stereocenters. The maximum atomic E-state index is 11.8. The van der Waals surface area contributed by atoms with Crippen molar-refractivity contribution >= 4 is 37.8 Å². The second-order valence-corrected chi connectivity index (χ2v) is 6.56. The van der Waals surface area contributed by atoms with Gasteiger partial charge in [-0.3, -0.25) is 4.72 Å². The molecule has 2 aromatic rings. The number of sulfonamides is 1. The van der Waals surface area contributed by atoms with E-state index in [9.17, 15) is 8.42 Å². The summed E-state index contributed by atoms with van der Waals surface area (Å²) in [6.45, 7) is 0. The summed E-state index contributed by atoms with van der Waals surface area (Å²) in [7, 11) is -3.61. The first-order chi connectivity index (χ1) is 7.62. The van der Waals surface area contributed by atoms with E-state index in [1.807, 2.05) is 6.07 Å². The van der Waals surface area contributed by atoms with E-state index < -0.39 is 10.0 Å². The predicted octanol–water partition coefficient (Wildman–Crippen LogP) is 1.88. The Hall–Kier alpha value is -1.43. The highest BCUT2D eigenvalue weighted by atomic mass is 32.2. The van der Waals surface area contributed by atoms with Gasteiger partial charge >= 0.3 is 0 Å². The summed E-state index contributed by atoms with van der Waals surface area (Å²) in [6.07, 6.45) is 1.51. The topological polar surface area (TPSA) is 82.8 Å². The van der Waals surface area contributed by atoms with E-state index in [4.69, 9.17) is 5.26 Å². The molecule has 2 aromatic heterocycles. The van der Waals surface area contributed by atoms with Crippen molar-refractivity contribution in [1.29, 1.82) is 5.26 Å². The molecule has 82 valence electrons. The summed E-state index contributed by atoms with van der Waals surface area (Å²) in [4.78, 5) is 4.18. The quantitative estimate of drug-likeness (QED) is 0.923. The monoisotopic (exact) mass is 271 g/mol. The molecule has 0 radical (unpaired) electrons. The van der Waals surface area contributed by atoms with Gasteiger partial charge in [0.2, 0.25) is 0 Å².